The molecule has 3 nitrogen and oxygen atoms in total. The van der Waals surface area contributed by atoms with Crippen molar-refractivity contribution < 1.29 is 0 Å². The molecule has 0 saturated carbocycles. The van der Waals surface area contributed by atoms with Gasteiger partial charge in [0.25, 0.3) is 0 Å². The van der Waals surface area contributed by atoms with Crippen LogP contribution >= 0.6 is 23.2 Å². The van der Waals surface area contributed by atoms with Gasteiger partial charge < -0.3 is 5.32 Å². The Morgan fingerprint density at radius 3 is 2.83 bits per heavy atom. The van der Waals surface area contributed by atoms with Crippen LogP contribution in [0.3, 0.4) is 0 Å². The summed E-state index contributed by atoms with van der Waals surface area (Å²) in [5, 5.41) is 8.86. The summed E-state index contributed by atoms with van der Waals surface area (Å²) in [5.41, 5.74) is 2.29. The van der Waals surface area contributed by atoms with Crippen LogP contribution in [0.1, 0.15) is 11.1 Å². The van der Waals surface area contributed by atoms with Crippen molar-refractivity contribution in [1.29, 1.82) is 0 Å². The molecule has 0 bridgehead atoms. The molecule has 18 heavy (non-hydrogen) atoms. The highest BCUT2D eigenvalue weighted by molar-refractivity contribution is 6.35. The van der Waals surface area contributed by atoms with Gasteiger partial charge in [0.1, 0.15) is 0 Å². The summed E-state index contributed by atoms with van der Waals surface area (Å²) in [6, 6.07) is 5.56. The molecule has 1 aromatic carbocycles. The summed E-state index contributed by atoms with van der Waals surface area (Å²) in [4.78, 5) is 0. The molecule has 2 rings (SSSR count). The highest BCUT2D eigenvalue weighted by Gasteiger charge is 2.01. The van der Waals surface area contributed by atoms with Crippen LogP contribution in [0.2, 0.25) is 10.0 Å². The van der Waals surface area contributed by atoms with Gasteiger partial charge in [-0.3, -0.25) is 4.68 Å². The Kier molecular flexibility index (Phi) is 4.64. The molecule has 0 aliphatic rings. The molecule has 0 aliphatic carbocycles. The maximum atomic E-state index is 6.09. The SMILES string of the molecule is Cn1cc(CCNCc2ccc(Cl)cc2Cl)cn1. The van der Waals surface area contributed by atoms with E-state index in [2.05, 4.69) is 10.4 Å². The van der Waals surface area contributed by atoms with Gasteiger partial charge in [0.05, 0.1) is 6.20 Å². The van der Waals surface area contributed by atoms with E-state index in [1.54, 1.807) is 6.07 Å². The van der Waals surface area contributed by atoms with E-state index in [0.717, 1.165) is 25.1 Å². The highest BCUT2D eigenvalue weighted by Crippen LogP contribution is 2.20. The Labute approximate surface area is 117 Å². The van der Waals surface area contributed by atoms with Gasteiger partial charge in [-0.25, -0.2) is 0 Å². The number of benzene rings is 1. The molecule has 0 amide bonds. The van der Waals surface area contributed by atoms with E-state index in [4.69, 9.17) is 23.2 Å². The van der Waals surface area contributed by atoms with E-state index >= 15 is 0 Å². The lowest BCUT2D eigenvalue weighted by molar-refractivity contribution is 0.686. The van der Waals surface area contributed by atoms with E-state index in [9.17, 15) is 0 Å². The molecule has 0 spiro atoms. The van der Waals surface area contributed by atoms with Gasteiger partial charge in [0, 0.05) is 29.8 Å². The number of nitrogens with zero attached hydrogens (tertiary/aromatic N) is 2. The molecular formula is C13H15Cl2N3. The van der Waals surface area contributed by atoms with E-state index in [-0.39, 0.29) is 0 Å². The zero-order valence-electron chi connectivity index (χ0n) is 10.2. The van der Waals surface area contributed by atoms with Gasteiger partial charge in [-0.2, -0.15) is 5.10 Å². The van der Waals surface area contributed by atoms with Gasteiger partial charge in [0.15, 0.2) is 0 Å². The quantitative estimate of drug-likeness (QED) is 0.855. The number of nitrogens with one attached hydrogen (secondary N) is 1. The Morgan fingerprint density at radius 2 is 2.17 bits per heavy atom. The molecule has 0 saturated heterocycles. The monoisotopic (exact) mass is 283 g/mol. The minimum atomic E-state index is 0.666. The average Bonchev–Trinajstić information content (AvgIpc) is 2.73. The fraction of sp³-hybridized carbons (Fsp3) is 0.308. The Morgan fingerprint density at radius 1 is 1.33 bits per heavy atom. The summed E-state index contributed by atoms with van der Waals surface area (Å²) >= 11 is 11.9. The number of halogens is 2. The minimum Gasteiger partial charge on any atom is -0.312 e. The molecule has 1 N–H and O–H groups in total. The number of hydrogen-bond acceptors (Lipinski definition) is 2. The summed E-state index contributed by atoms with van der Waals surface area (Å²) in [7, 11) is 1.92. The van der Waals surface area contributed by atoms with Gasteiger partial charge in [-0.1, -0.05) is 29.3 Å². The highest BCUT2D eigenvalue weighted by atomic mass is 35.5. The molecular weight excluding hydrogens is 269 g/mol. The maximum absolute atomic E-state index is 6.09. The first-order valence-corrected chi connectivity index (χ1v) is 6.53. The minimum absolute atomic E-state index is 0.666. The number of aromatic nitrogens is 2. The van der Waals surface area contributed by atoms with Crippen LogP contribution in [0, 0.1) is 0 Å². The molecule has 0 atom stereocenters. The van der Waals surface area contributed by atoms with Crippen LogP contribution in [-0.4, -0.2) is 16.3 Å². The summed E-state index contributed by atoms with van der Waals surface area (Å²) < 4.78 is 1.81. The predicted octanol–water partition coefficient (Wildman–Crippen LogP) is 3.06. The van der Waals surface area contributed by atoms with Crippen molar-refractivity contribution in [3.05, 3.63) is 51.8 Å². The topological polar surface area (TPSA) is 29.9 Å². The lowest BCUT2D eigenvalue weighted by Crippen LogP contribution is -2.16. The second-order valence-corrected chi connectivity index (χ2v) is 5.03. The Balaban J connectivity index is 1.78. The van der Waals surface area contributed by atoms with Crippen molar-refractivity contribution in [2.75, 3.05) is 6.54 Å². The van der Waals surface area contributed by atoms with Gasteiger partial charge in [-0.05, 0) is 36.2 Å². The zero-order chi connectivity index (χ0) is 13.0. The molecule has 0 fully saturated rings. The van der Waals surface area contributed by atoms with Crippen molar-refractivity contribution in [2.24, 2.45) is 7.05 Å². The number of rotatable bonds is 5. The molecule has 1 heterocycles. The second kappa shape index (κ2) is 6.23. The Bertz CT molecular complexity index is 523. The van der Waals surface area contributed by atoms with Crippen LogP contribution in [0.25, 0.3) is 0 Å². The van der Waals surface area contributed by atoms with Gasteiger partial charge >= 0.3 is 0 Å². The fourth-order valence-electron chi connectivity index (χ4n) is 1.72. The van der Waals surface area contributed by atoms with Crippen LogP contribution < -0.4 is 5.32 Å². The van der Waals surface area contributed by atoms with E-state index in [1.807, 2.05) is 36.3 Å². The van der Waals surface area contributed by atoms with Crippen molar-refractivity contribution >= 4 is 23.2 Å². The standard InChI is InChI=1S/C13H15Cl2N3/c1-18-9-10(7-17-18)4-5-16-8-11-2-3-12(14)6-13(11)15/h2-3,6-7,9,16H,4-5,8H2,1H3. The second-order valence-electron chi connectivity index (χ2n) is 4.18. The molecule has 0 unspecified atom stereocenters. The summed E-state index contributed by atoms with van der Waals surface area (Å²) in [6.07, 6.45) is 4.87. The first-order valence-electron chi connectivity index (χ1n) is 5.77. The summed E-state index contributed by atoms with van der Waals surface area (Å²) in [6.45, 7) is 1.64. The molecule has 0 radical (unpaired) electrons. The van der Waals surface area contributed by atoms with Crippen LogP contribution in [0.5, 0.6) is 0 Å². The van der Waals surface area contributed by atoms with Crippen LogP contribution in [0.15, 0.2) is 30.6 Å². The predicted molar refractivity (Wildman–Crippen MR) is 75.1 cm³/mol. The normalized spacial score (nSPS) is 10.8. The molecule has 1 aromatic heterocycles. The molecule has 2 aromatic rings. The lowest BCUT2D eigenvalue weighted by Gasteiger charge is -2.06. The number of hydrogen-bond donors (Lipinski definition) is 1. The average molecular weight is 284 g/mol. The van der Waals surface area contributed by atoms with Crippen LogP contribution in [-0.2, 0) is 20.0 Å². The van der Waals surface area contributed by atoms with Crippen molar-refractivity contribution in [3.63, 3.8) is 0 Å². The fourth-order valence-corrected chi connectivity index (χ4v) is 2.20. The van der Waals surface area contributed by atoms with E-state index in [1.165, 1.54) is 5.56 Å². The third-order valence-electron chi connectivity index (χ3n) is 2.68. The number of aryl methyl sites for hydroxylation is 1. The zero-order valence-corrected chi connectivity index (χ0v) is 11.7. The molecule has 0 aliphatic heterocycles. The molecule has 96 valence electrons. The first-order chi connectivity index (χ1) is 8.65. The maximum Gasteiger partial charge on any atom is 0.0522 e. The van der Waals surface area contributed by atoms with Gasteiger partial charge in [0.2, 0.25) is 0 Å². The first kappa shape index (κ1) is 13.4. The third-order valence-corrected chi connectivity index (χ3v) is 3.27. The Hall–Kier alpha value is -1.03. The van der Waals surface area contributed by atoms with Crippen molar-refractivity contribution in [1.82, 2.24) is 15.1 Å². The largest absolute Gasteiger partial charge is 0.312 e. The van der Waals surface area contributed by atoms with E-state index < -0.39 is 0 Å². The molecule has 5 heteroatoms. The van der Waals surface area contributed by atoms with Gasteiger partial charge in [-0.15, -0.1) is 0 Å². The van der Waals surface area contributed by atoms with Crippen LogP contribution in [0.4, 0.5) is 0 Å². The third kappa shape index (κ3) is 3.73. The van der Waals surface area contributed by atoms with E-state index in [0.29, 0.717) is 10.0 Å². The smallest absolute Gasteiger partial charge is 0.0522 e. The van der Waals surface area contributed by atoms with Crippen molar-refractivity contribution in [3.8, 4) is 0 Å². The van der Waals surface area contributed by atoms with Crippen molar-refractivity contribution in [2.45, 2.75) is 13.0 Å². The summed E-state index contributed by atoms with van der Waals surface area (Å²) in [5.74, 6) is 0. The lowest BCUT2D eigenvalue weighted by atomic mass is 10.2.